The normalized spacial score (nSPS) is 15.4. The van der Waals surface area contributed by atoms with Crippen molar-refractivity contribution in [2.24, 2.45) is 5.10 Å². The third kappa shape index (κ3) is 3.61. The van der Waals surface area contributed by atoms with Gasteiger partial charge in [-0.05, 0) is 36.8 Å². The lowest BCUT2D eigenvalue weighted by Crippen LogP contribution is -2.22. The summed E-state index contributed by atoms with van der Waals surface area (Å²) in [4.78, 5) is 12.0. The van der Waals surface area contributed by atoms with E-state index in [4.69, 9.17) is 0 Å². The molecule has 0 heterocycles. The summed E-state index contributed by atoms with van der Waals surface area (Å²) in [5.74, 6) is -0.0283. The van der Waals surface area contributed by atoms with E-state index in [1.807, 2.05) is 36.4 Å². The van der Waals surface area contributed by atoms with Gasteiger partial charge in [0.05, 0.1) is 5.71 Å². The topological polar surface area (TPSA) is 41.5 Å². The molecule has 22 heavy (non-hydrogen) atoms. The molecule has 1 N–H and O–H groups in total. The Hall–Kier alpha value is -2.42. The van der Waals surface area contributed by atoms with Crippen LogP contribution in [0.1, 0.15) is 36.0 Å². The molecule has 1 amide bonds. The minimum Gasteiger partial charge on any atom is -0.273 e. The lowest BCUT2D eigenvalue weighted by Gasteiger charge is -2.17. The average Bonchev–Trinajstić information content (AvgIpc) is 2.59. The Morgan fingerprint density at radius 2 is 1.77 bits per heavy atom. The molecule has 0 aromatic heterocycles. The summed E-state index contributed by atoms with van der Waals surface area (Å²) < 4.78 is 0. The Balaban J connectivity index is 1.59. The Morgan fingerprint density at radius 3 is 2.64 bits per heavy atom. The number of amides is 1. The second-order valence-corrected chi connectivity index (χ2v) is 5.59. The van der Waals surface area contributed by atoms with Gasteiger partial charge in [-0.1, -0.05) is 54.6 Å². The molecule has 0 unspecified atom stereocenters. The standard InChI is InChI=1S/C19H20N2O/c22-19(14-13-15-7-2-1-3-8-15)21-20-18-12-6-10-16-9-4-5-11-17(16)18/h1-5,7-9,11H,6,10,12-14H2,(H,21,22)/b20-18+. The molecule has 0 aliphatic heterocycles. The SMILES string of the molecule is O=C(CCc1ccccc1)N/N=C1\CCCc2ccccc21. The molecule has 2 aromatic carbocycles. The minimum atomic E-state index is -0.0283. The molecule has 0 fully saturated rings. The second-order valence-electron chi connectivity index (χ2n) is 5.59. The highest BCUT2D eigenvalue weighted by atomic mass is 16.2. The van der Waals surface area contributed by atoms with Crippen LogP contribution in [0, 0.1) is 0 Å². The molecular formula is C19H20N2O. The third-order valence-corrected chi connectivity index (χ3v) is 3.99. The first-order valence-corrected chi connectivity index (χ1v) is 7.80. The van der Waals surface area contributed by atoms with Gasteiger partial charge in [-0.15, -0.1) is 0 Å². The molecule has 3 nitrogen and oxygen atoms in total. The summed E-state index contributed by atoms with van der Waals surface area (Å²) in [5.41, 5.74) is 7.39. The van der Waals surface area contributed by atoms with Gasteiger partial charge in [-0.2, -0.15) is 5.10 Å². The maximum Gasteiger partial charge on any atom is 0.240 e. The first kappa shape index (κ1) is 14.5. The lowest BCUT2D eigenvalue weighted by atomic mass is 9.90. The van der Waals surface area contributed by atoms with Gasteiger partial charge in [-0.25, -0.2) is 5.43 Å². The van der Waals surface area contributed by atoms with Crippen molar-refractivity contribution in [3.05, 3.63) is 71.3 Å². The van der Waals surface area contributed by atoms with E-state index in [0.29, 0.717) is 6.42 Å². The fourth-order valence-electron chi connectivity index (χ4n) is 2.81. The number of nitrogens with one attached hydrogen (secondary N) is 1. The predicted molar refractivity (Wildman–Crippen MR) is 88.8 cm³/mol. The summed E-state index contributed by atoms with van der Waals surface area (Å²) in [6.07, 6.45) is 4.32. The second kappa shape index (κ2) is 7.03. The number of carbonyl (C=O) groups is 1. The minimum absolute atomic E-state index is 0.0283. The molecular weight excluding hydrogens is 272 g/mol. The smallest absolute Gasteiger partial charge is 0.240 e. The summed E-state index contributed by atoms with van der Waals surface area (Å²) in [6.45, 7) is 0. The van der Waals surface area contributed by atoms with Gasteiger partial charge in [0, 0.05) is 12.0 Å². The van der Waals surface area contributed by atoms with Crippen LogP contribution in [0.4, 0.5) is 0 Å². The van der Waals surface area contributed by atoms with Gasteiger partial charge in [0.25, 0.3) is 0 Å². The van der Waals surface area contributed by atoms with Crippen molar-refractivity contribution in [1.82, 2.24) is 5.43 Å². The van der Waals surface area contributed by atoms with Crippen molar-refractivity contribution >= 4 is 11.6 Å². The van der Waals surface area contributed by atoms with Crippen LogP contribution in [0.15, 0.2) is 59.7 Å². The fraction of sp³-hybridized carbons (Fsp3) is 0.263. The van der Waals surface area contributed by atoms with Crippen LogP contribution in [-0.2, 0) is 17.6 Å². The van der Waals surface area contributed by atoms with Gasteiger partial charge < -0.3 is 0 Å². The van der Waals surface area contributed by atoms with Crippen molar-refractivity contribution in [1.29, 1.82) is 0 Å². The van der Waals surface area contributed by atoms with E-state index in [1.54, 1.807) is 0 Å². The molecule has 0 bridgehead atoms. The van der Waals surface area contributed by atoms with E-state index < -0.39 is 0 Å². The van der Waals surface area contributed by atoms with Crippen LogP contribution in [0.2, 0.25) is 0 Å². The van der Waals surface area contributed by atoms with Gasteiger partial charge >= 0.3 is 0 Å². The number of carbonyl (C=O) groups excluding carboxylic acids is 1. The van der Waals surface area contributed by atoms with Crippen LogP contribution in [0.3, 0.4) is 0 Å². The van der Waals surface area contributed by atoms with Crippen molar-refractivity contribution in [3.63, 3.8) is 0 Å². The zero-order valence-corrected chi connectivity index (χ0v) is 12.6. The van der Waals surface area contributed by atoms with E-state index >= 15 is 0 Å². The number of hydrogen-bond donors (Lipinski definition) is 1. The summed E-state index contributed by atoms with van der Waals surface area (Å²) in [6, 6.07) is 18.4. The van der Waals surface area contributed by atoms with Crippen molar-refractivity contribution in [2.45, 2.75) is 32.1 Å². The summed E-state index contributed by atoms with van der Waals surface area (Å²) in [7, 11) is 0. The molecule has 112 valence electrons. The van der Waals surface area contributed by atoms with Crippen molar-refractivity contribution in [3.8, 4) is 0 Å². The molecule has 0 spiro atoms. The van der Waals surface area contributed by atoms with Crippen LogP contribution >= 0.6 is 0 Å². The molecule has 1 aliphatic rings. The number of benzene rings is 2. The quantitative estimate of drug-likeness (QED) is 0.861. The number of fused-ring (bicyclic) bond motifs is 1. The fourth-order valence-corrected chi connectivity index (χ4v) is 2.81. The molecule has 0 atom stereocenters. The number of hydrazone groups is 1. The Morgan fingerprint density at radius 1 is 1.00 bits per heavy atom. The van der Waals surface area contributed by atoms with E-state index in [2.05, 4.69) is 28.7 Å². The number of aryl methyl sites for hydroxylation is 2. The molecule has 0 saturated heterocycles. The van der Waals surface area contributed by atoms with Gasteiger partial charge in [0.1, 0.15) is 0 Å². The monoisotopic (exact) mass is 292 g/mol. The van der Waals surface area contributed by atoms with E-state index in [9.17, 15) is 4.79 Å². The predicted octanol–water partition coefficient (Wildman–Crippen LogP) is 3.48. The number of hydrogen-bond acceptors (Lipinski definition) is 2. The van der Waals surface area contributed by atoms with Crippen molar-refractivity contribution in [2.75, 3.05) is 0 Å². The summed E-state index contributed by atoms with van der Waals surface area (Å²) in [5, 5.41) is 4.35. The molecule has 0 saturated carbocycles. The van der Waals surface area contributed by atoms with Crippen LogP contribution in [0.25, 0.3) is 0 Å². The lowest BCUT2D eigenvalue weighted by molar-refractivity contribution is -0.121. The van der Waals surface area contributed by atoms with E-state index in [1.165, 1.54) is 16.7 Å². The molecule has 2 aromatic rings. The number of nitrogens with zero attached hydrogens (tertiary/aromatic N) is 1. The maximum absolute atomic E-state index is 12.0. The number of rotatable bonds is 4. The van der Waals surface area contributed by atoms with Gasteiger partial charge in [-0.3, -0.25) is 4.79 Å². The zero-order valence-electron chi connectivity index (χ0n) is 12.6. The largest absolute Gasteiger partial charge is 0.273 e. The molecule has 1 aliphatic carbocycles. The van der Waals surface area contributed by atoms with Crippen molar-refractivity contribution < 1.29 is 4.79 Å². The van der Waals surface area contributed by atoms with Crippen LogP contribution in [0.5, 0.6) is 0 Å². The van der Waals surface area contributed by atoms with E-state index in [0.717, 1.165) is 31.4 Å². The molecule has 3 heteroatoms. The Kier molecular flexibility index (Phi) is 4.64. The zero-order chi connectivity index (χ0) is 15.2. The Labute approximate surface area is 131 Å². The first-order valence-electron chi connectivity index (χ1n) is 7.80. The maximum atomic E-state index is 12.0. The average molecular weight is 292 g/mol. The van der Waals surface area contributed by atoms with Crippen LogP contribution in [-0.4, -0.2) is 11.6 Å². The molecule has 0 radical (unpaired) electrons. The molecule has 3 rings (SSSR count). The highest BCUT2D eigenvalue weighted by molar-refractivity contribution is 6.03. The highest BCUT2D eigenvalue weighted by Gasteiger charge is 2.15. The Bertz CT molecular complexity index is 677. The van der Waals surface area contributed by atoms with Crippen LogP contribution < -0.4 is 5.43 Å². The van der Waals surface area contributed by atoms with Gasteiger partial charge in [0.15, 0.2) is 0 Å². The third-order valence-electron chi connectivity index (χ3n) is 3.99. The van der Waals surface area contributed by atoms with E-state index in [-0.39, 0.29) is 5.91 Å². The summed E-state index contributed by atoms with van der Waals surface area (Å²) >= 11 is 0. The van der Waals surface area contributed by atoms with Gasteiger partial charge in [0.2, 0.25) is 5.91 Å². The first-order chi connectivity index (χ1) is 10.8. The highest BCUT2D eigenvalue weighted by Crippen LogP contribution is 2.21.